The maximum Gasteiger partial charge on any atom is 0.317 e. The van der Waals surface area contributed by atoms with E-state index in [2.05, 4.69) is 19.2 Å². The van der Waals surface area contributed by atoms with Crippen LogP contribution in [0.25, 0.3) is 0 Å². The van der Waals surface area contributed by atoms with Crippen molar-refractivity contribution < 1.29 is 9.53 Å². The molecule has 18 heavy (non-hydrogen) atoms. The fourth-order valence-electron chi connectivity index (χ4n) is 2.40. The van der Waals surface area contributed by atoms with Gasteiger partial charge in [0.15, 0.2) is 0 Å². The lowest BCUT2D eigenvalue weighted by Gasteiger charge is -2.36. The lowest BCUT2D eigenvalue weighted by Crippen LogP contribution is -2.49. The highest BCUT2D eigenvalue weighted by atomic mass is 16.5. The van der Waals surface area contributed by atoms with Gasteiger partial charge in [-0.2, -0.15) is 0 Å². The van der Waals surface area contributed by atoms with Gasteiger partial charge in [-0.1, -0.05) is 6.92 Å². The van der Waals surface area contributed by atoms with Crippen molar-refractivity contribution in [2.75, 3.05) is 19.7 Å². The van der Waals surface area contributed by atoms with Crippen molar-refractivity contribution in [2.24, 2.45) is 5.92 Å². The summed E-state index contributed by atoms with van der Waals surface area (Å²) in [6.45, 7) is 10.7. The first-order valence-corrected chi connectivity index (χ1v) is 7.16. The third-order valence-electron chi connectivity index (χ3n) is 3.45. The summed E-state index contributed by atoms with van der Waals surface area (Å²) < 4.78 is 5.44. The van der Waals surface area contributed by atoms with E-state index in [9.17, 15) is 4.79 Å². The van der Waals surface area contributed by atoms with E-state index in [-0.39, 0.29) is 12.1 Å². The standard InChI is InChI=1S/C14H28N2O2/c1-11(2)18-9-5-7-15-14(17)16-8-6-12(3)10-13(16)4/h11-13H,5-10H2,1-4H3,(H,15,17). The zero-order chi connectivity index (χ0) is 13.5. The summed E-state index contributed by atoms with van der Waals surface area (Å²) in [5, 5.41) is 2.98. The molecular weight excluding hydrogens is 228 g/mol. The molecule has 0 bridgehead atoms. The van der Waals surface area contributed by atoms with Crippen LogP contribution in [0.3, 0.4) is 0 Å². The van der Waals surface area contributed by atoms with Crippen molar-refractivity contribution in [3.8, 4) is 0 Å². The summed E-state index contributed by atoms with van der Waals surface area (Å²) in [5.41, 5.74) is 0. The Labute approximate surface area is 111 Å². The molecule has 0 saturated carbocycles. The van der Waals surface area contributed by atoms with Gasteiger partial charge in [0.2, 0.25) is 0 Å². The summed E-state index contributed by atoms with van der Waals surface area (Å²) in [6, 6.07) is 0.444. The van der Waals surface area contributed by atoms with Crippen LogP contribution in [0.2, 0.25) is 0 Å². The number of likely N-dealkylation sites (tertiary alicyclic amines) is 1. The van der Waals surface area contributed by atoms with E-state index in [0.717, 1.165) is 31.7 Å². The third-order valence-corrected chi connectivity index (χ3v) is 3.45. The molecular formula is C14H28N2O2. The summed E-state index contributed by atoms with van der Waals surface area (Å²) in [5.74, 6) is 0.739. The molecule has 106 valence electrons. The minimum absolute atomic E-state index is 0.0824. The first-order chi connectivity index (χ1) is 8.50. The van der Waals surface area contributed by atoms with Gasteiger partial charge in [-0.05, 0) is 46.0 Å². The predicted molar refractivity (Wildman–Crippen MR) is 73.7 cm³/mol. The first-order valence-electron chi connectivity index (χ1n) is 7.16. The number of amides is 2. The Morgan fingerprint density at radius 2 is 2.17 bits per heavy atom. The van der Waals surface area contributed by atoms with Gasteiger partial charge in [0, 0.05) is 25.7 Å². The SMILES string of the molecule is CC1CCN(C(=O)NCCCOC(C)C)C(C)C1. The van der Waals surface area contributed by atoms with Gasteiger partial charge in [-0.25, -0.2) is 4.79 Å². The Morgan fingerprint density at radius 1 is 1.44 bits per heavy atom. The molecule has 1 saturated heterocycles. The summed E-state index contributed by atoms with van der Waals surface area (Å²) in [4.78, 5) is 13.9. The maximum absolute atomic E-state index is 12.0. The van der Waals surface area contributed by atoms with E-state index < -0.39 is 0 Å². The van der Waals surface area contributed by atoms with E-state index in [1.807, 2.05) is 18.7 Å². The molecule has 2 unspecified atom stereocenters. The van der Waals surface area contributed by atoms with Crippen LogP contribution < -0.4 is 5.32 Å². The Kier molecular flexibility index (Phi) is 6.47. The Morgan fingerprint density at radius 3 is 2.78 bits per heavy atom. The molecule has 0 aromatic carbocycles. The van der Waals surface area contributed by atoms with Crippen LogP contribution in [0.4, 0.5) is 4.79 Å². The van der Waals surface area contributed by atoms with Gasteiger partial charge in [-0.3, -0.25) is 0 Å². The molecule has 0 aliphatic carbocycles. The highest BCUT2D eigenvalue weighted by Gasteiger charge is 2.26. The Balaban J connectivity index is 2.16. The largest absolute Gasteiger partial charge is 0.379 e. The van der Waals surface area contributed by atoms with Crippen LogP contribution in [0.1, 0.15) is 47.0 Å². The van der Waals surface area contributed by atoms with Gasteiger partial charge in [0.05, 0.1) is 6.10 Å². The van der Waals surface area contributed by atoms with Crippen LogP contribution in [0, 0.1) is 5.92 Å². The number of piperidine rings is 1. The molecule has 4 heteroatoms. The first kappa shape index (κ1) is 15.3. The molecule has 0 radical (unpaired) electrons. The molecule has 0 spiro atoms. The molecule has 1 aliphatic rings. The van der Waals surface area contributed by atoms with E-state index in [4.69, 9.17) is 4.74 Å². The average molecular weight is 256 g/mol. The minimum atomic E-state index is 0.0824. The number of rotatable bonds is 5. The van der Waals surface area contributed by atoms with Gasteiger partial charge in [0.1, 0.15) is 0 Å². The predicted octanol–water partition coefficient (Wildman–Crippen LogP) is 2.63. The summed E-state index contributed by atoms with van der Waals surface area (Å²) in [6.07, 6.45) is 3.38. The van der Waals surface area contributed by atoms with Crippen molar-refractivity contribution in [1.29, 1.82) is 0 Å². The average Bonchev–Trinajstić information content (AvgIpc) is 2.27. The van der Waals surface area contributed by atoms with E-state index in [1.54, 1.807) is 0 Å². The van der Waals surface area contributed by atoms with Gasteiger partial charge < -0.3 is 15.0 Å². The Bertz CT molecular complexity index is 256. The van der Waals surface area contributed by atoms with E-state index in [0.29, 0.717) is 19.2 Å². The lowest BCUT2D eigenvalue weighted by molar-refractivity contribution is 0.0768. The second-order valence-electron chi connectivity index (χ2n) is 5.68. The van der Waals surface area contributed by atoms with E-state index in [1.165, 1.54) is 0 Å². The topological polar surface area (TPSA) is 41.6 Å². The van der Waals surface area contributed by atoms with Crippen LogP contribution in [-0.4, -0.2) is 42.8 Å². The van der Waals surface area contributed by atoms with Crippen LogP contribution in [-0.2, 0) is 4.74 Å². The zero-order valence-electron chi connectivity index (χ0n) is 12.2. The molecule has 2 atom stereocenters. The van der Waals surface area contributed by atoms with Crippen LogP contribution in [0.15, 0.2) is 0 Å². The second kappa shape index (κ2) is 7.62. The molecule has 1 aliphatic heterocycles. The minimum Gasteiger partial charge on any atom is -0.379 e. The zero-order valence-corrected chi connectivity index (χ0v) is 12.2. The number of carbonyl (C=O) groups is 1. The number of carbonyl (C=O) groups excluding carboxylic acids is 1. The van der Waals surface area contributed by atoms with Crippen molar-refractivity contribution in [3.63, 3.8) is 0 Å². The van der Waals surface area contributed by atoms with Crippen molar-refractivity contribution >= 4 is 6.03 Å². The lowest BCUT2D eigenvalue weighted by atomic mass is 9.94. The molecule has 4 nitrogen and oxygen atoms in total. The number of hydrogen-bond acceptors (Lipinski definition) is 2. The molecule has 0 aromatic rings. The Hall–Kier alpha value is -0.770. The van der Waals surface area contributed by atoms with Crippen molar-refractivity contribution in [2.45, 2.75) is 59.1 Å². The highest BCUT2D eigenvalue weighted by molar-refractivity contribution is 5.74. The van der Waals surface area contributed by atoms with Crippen LogP contribution >= 0.6 is 0 Å². The van der Waals surface area contributed by atoms with E-state index >= 15 is 0 Å². The molecule has 1 N–H and O–H groups in total. The monoisotopic (exact) mass is 256 g/mol. The number of hydrogen-bond donors (Lipinski definition) is 1. The fourth-order valence-corrected chi connectivity index (χ4v) is 2.40. The molecule has 0 aromatic heterocycles. The third kappa shape index (κ3) is 5.25. The summed E-state index contributed by atoms with van der Waals surface area (Å²) >= 11 is 0. The second-order valence-corrected chi connectivity index (χ2v) is 5.68. The number of urea groups is 1. The number of ether oxygens (including phenoxy) is 1. The van der Waals surface area contributed by atoms with Crippen molar-refractivity contribution in [1.82, 2.24) is 10.2 Å². The molecule has 2 amide bonds. The molecule has 1 heterocycles. The quantitative estimate of drug-likeness (QED) is 0.768. The highest BCUT2D eigenvalue weighted by Crippen LogP contribution is 2.21. The molecule has 1 fully saturated rings. The van der Waals surface area contributed by atoms with Gasteiger partial charge in [0.25, 0.3) is 0 Å². The maximum atomic E-state index is 12.0. The number of nitrogens with one attached hydrogen (secondary N) is 1. The fraction of sp³-hybridized carbons (Fsp3) is 0.929. The van der Waals surface area contributed by atoms with Gasteiger partial charge >= 0.3 is 6.03 Å². The van der Waals surface area contributed by atoms with Crippen molar-refractivity contribution in [3.05, 3.63) is 0 Å². The normalized spacial score (nSPS) is 24.4. The van der Waals surface area contributed by atoms with Crippen LogP contribution in [0.5, 0.6) is 0 Å². The smallest absolute Gasteiger partial charge is 0.317 e. The molecule has 1 rings (SSSR count). The summed E-state index contributed by atoms with van der Waals surface area (Å²) in [7, 11) is 0. The van der Waals surface area contributed by atoms with Gasteiger partial charge in [-0.15, -0.1) is 0 Å². The number of nitrogens with zero attached hydrogens (tertiary/aromatic N) is 1.